The number of nitrogens with two attached hydrogens (primary N) is 1. The van der Waals surface area contributed by atoms with E-state index in [9.17, 15) is 4.79 Å². The number of carbonyl (C=O) groups excluding carboxylic acids is 1. The summed E-state index contributed by atoms with van der Waals surface area (Å²) in [4.78, 5) is 15.6. The summed E-state index contributed by atoms with van der Waals surface area (Å²) in [6.45, 7) is 7.38. The van der Waals surface area contributed by atoms with Crippen molar-refractivity contribution in [2.24, 2.45) is 11.1 Å². The molecule has 5 nitrogen and oxygen atoms in total. The molecule has 0 saturated heterocycles. The van der Waals surface area contributed by atoms with Gasteiger partial charge in [-0.2, -0.15) is 0 Å². The summed E-state index contributed by atoms with van der Waals surface area (Å²) >= 11 is 0. The van der Waals surface area contributed by atoms with Gasteiger partial charge in [-0.25, -0.2) is 4.98 Å². The third-order valence-electron chi connectivity index (χ3n) is 2.67. The van der Waals surface area contributed by atoms with Gasteiger partial charge >= 0.3 is 0 Å². The molecule has 0 spiro atoms. The van der Waals surface area contributed by atoms with Gasteiger partial charge in [0.1, 0.15) is 0 Å². The fourth-order valence-corrected chi connectivity index (χ4v) is 1.40. The molecule has 1 heterocycles. The van der Waals surface area contributed by atoms with E-state index in [4.69, 9.17) is 5.73 Å². The van der Waals surface area contributed by atoms with E-state index in [1.54, 1.807) is 12.5 Å². The number of aromatic nitrogens is 2. The highest BCUT2D eigenvalue weighted by Gasteiger charge is 2.26. The van der Waals surface area contributed by atoms with E-state index in [2.05, 4.69) is 10.3 Å². The molecule has 1 atom stereocenters. The summed E-state index contributed by atoms with van der Waals surface area (Å²) in [7, 11) is 0. The molecule has 5 heteroatoms. The molecule has 1 rings (SSSR count). The summed E-state index contributed by atoms with van der Waals surface area (Å²) < 4.78 is 1.98. The number of nitrogens with zero attached hydrogens (tertiary/aromatic N) is 2. The molecule has 0 radical (unpaired) electrons. The zero-order valence-electron chi connectivity index (χ0n) is 10.8. The molecule has 1 amide bonds. The first-order chi connectivity index (χ1) is 7.91. The summed E-state index contributed by atoms with van der Waals surface area (Å²) in [6, 6.07) is -0.462. The Balaban J connectivity index is 2.20. The van der Waals surface area contributed by atoms with Crippen LogP contribution >= 0.6 is 0 Å². The normalized spacial score (nSPS) is 13.4. The molecule has 0 saturated carbocycles. The highest BCUT2D eigenvalue weighted by atomic mass is 16.2. The van der Waals surface area contributed by atoms with Crippen molar-refractivity contribution < 1.29 is 4.79 Å². The maximum Gasteiger partial charge on any atom is 0.237 e. The van der Waals surface area contributed by atoms with E-state index in [-0.39, 0.29) is 11.3 Å². The smallest absolute Gasteiger partial charge is 0.237 e. The van der Waals surface area contributed by atoms with Crippen molar-refractivity contribution in [3.8, 4) is 0 Å². The molecular weight excluding hydrogens is 216 g/mol. The van der Waals surface area contributed by atoms with Crippen LogP contribution in [0.1, 0.15) is 27.2 Å². The average molecular weight is 238 g/mol. The van der Waals surface area contributed by atoms with Crippen molar-refractivity contribution in [2.75, 3.05) is 6.54 Å². The summed E-state index contributed by atoms with van der Waals surface area (Å²) in [5, 5.41) is 2.85. The molecule has 0 aliphatic heterocycles. The Morgan fingerprint density at radius 2 is 2.24 bits per heavy atom. The Morgan fingerprint density at radius 1 is 1.53 bits per heavy atom. The Morgan fingerprint density at radius 3 is 2.76 bits per heavy atom. The van der Waals surface area contributed by atoms with Gasteiger partial charge in [0.05, 0.1) is 12.4 Å². The second-order valence-electron chi connectivity index (χ2n) is 5.29. The monoisotopic (exact) mass is 238 g/mol. The third kappa shape index (κ3) is 4.56. The van der Waals surface area contributed by atoms with Crippen LogP contribution in [0.2, 0.25) is 0 Å². The van der Waals surface area contributed by atoms with E-state index in [0.29, 0.717) is 6.54 Å². The first kappa shape index (κ1) is 13.7. The van der Waals surface area contributed by atoms with Crippen LogP contribution in [-0.2, 0) is 11.3 Å². The number of carbonyl (C=O) groups is 1. The van der Waals surface area contributed by atoms with E-state index < -0.39 is 6.04 Å². The highest BCUT2D eigenvalue weighted by Crippen LogP contribution is 2.16. The van der Waals surface area contributed by atoms with Gasteiger partial charge in [-0.3, -0.25) is 4.79 Å². The number of rotatable bonds is 5. The number of aryl methyl sites for hydroxylation is 1. The minimum atomic E-state index is -0.462. The van der Waals surface area contributed by atoms with Crippen LogP contribution in [-0.4, -0.2) is 28.0 Å². The standard InChI is InChI=1S/C12H22N4O/c1-12(2,3)10(13)11(17)15-5-4-7-16-8-6-14-9-16/h6,8-10H,4-5,7,13H2,1-3H3,(H,15,17)/t10-/m1/s1. The molecule has 1 aromatic rings. The van der Waals surface area contributed by atoms with Crippen LogP contribution in [0.15, 0.2) is 18.7 Å². The Hall–Kier alpha value is -1.36. The molecule has 96 valence electrons. The van der Waals surface area contributed by atoms with Crippen molar-refractivity contribution in [3.05, 3.63) is 18.7 Å². The fraction of sp³-hybridized carbons (Fsp3) is 0.667. The summed E-state index contributed by atoms with van der Waals surface area (Å²) in [5.41, 5.74) is 5.64. The SMILES string of the molecule is CC(C)(C)[C@H](N)C(=O)NCCCn1ccnc1. The fourth-order valence-electron chi connectivity index (χ4n) is 1.40. The predicted molar refractivity (Wildman–Crippen MR) is 67.3 cm³/mol. The van der Waals surface area contributed by atoms with Gasteiger partial charge in [-0.1, -0.05) is 20.8 Å². The molecular formula is C12H22N4O. The van der Waals surface area contributed by atoms with E-state index >= 15 is 0 Å². The second-order valence-corrected chi connectivity index (χ2v) is 5.29. The van der Waals surface area contributed by atoms with Gasteiger partial charge in [0, 0.05) is 25.5 Å². The van der Waals surface area contributed by atoms with Crippen LogP contribution in [0, 0.1) is 5.41 Å². The average Bonchev–Trinajstić information content (AvgIpc) is 2.74. The lowest BCUT2D eigenvalue weighted by Gasteiger charge is -2.25. The maximum absolute atomic E-state index is 11.7. The van der Waals surface area contributed by atoms with Gasteiger partial charge in [0.2, 0.25) is 5.91 Å². The van der Waals surface area contributed by atoms with Crippen LogP contribution in [0.3, 0.4) is 0 Å². The Labute approximate surface area is 102 Å². The first-order valence-electron chi connectivity index (χ1n) is 5.90. The second kappa shape index (κ2) is 5.82. The minimum absolute atomic E-state index is 0.0804. The topological polar surface area (TPSA) is 72.9 Å². The largest absolute Gasteiger partial charge is 0.355 e. The molecule has 0 aliphatic rings. The third-order valence-corrected chi connectivity index (χ3v) is 2.67. The summed E-state index contributed by atoms with van der Waals surface area (Å²) in [5.74, 6) is -0.0804. The van der Waals surface area contributed by atoms with E-state index in [1.807, 2.05) is 31.5 Å². The highest BCUT2D eigenvalue weighted by molar-refractivity contribution is 5.82. The quantitative estimate of drug-likeness (QED) is 0.744. The van der Waals surface area contributed by atoms with E-state index in [0.717, 1.165) is 13.0 Å². The van der Waals surface area contributed by atoms with Gasteiger partial charge in [0.15, 0.2) is 0 Å². The number of hydrogen-bond acceptors (Lipinski definition) is 3. The van der Waals surface area contributed by atoms with Gasteiger partial charge in [-0.05, 0) is 11.8 Å². The molecule has 17 heavy (non-hydrogen) atoms. The predicted octanol–water partition coefficient (Wildman–Crippen LogP) is 0.763. The zero-order chi connectivity index (χ0) is 12.9. The molecule has 1 aromatic heterocycles. The molecule has 0 aliphatic carbocycles. The number of imidazole rings is 1. The summed E-state index contributed by atoms with van der Waals surface area (Å²) in [6.07, 6.45) is 6.29. The van der Waals surface area contributed by atoms with Gasteiger partial charge in [-0.15, -0.1) is 0 Å². The molecule has 0 aromatic carbocycles. The lowest BCUT2D eigenvalue weighted by atomic mass is 9.87. The molecule has 3 N–H and O–H groups in total. The molecule has 0 fully saturated rings. The van der Waals surface area contributed by atoms with Crippen molar-refractivity contribution >= 4 is 5.91 Å². The van der Waals surface area contributed by atoms with Crippen LogP contribution in [0.25, 0.3) is 0 Å². The van der Waals surface area contributed by atoms with Crippen LogP contribution in [0.4, 0.5) is 0 Å². The number of hydrogen-bond donors (Lipinski definition) is 2. The maximum atomic E-state index is 11.7. The van der Waals surface area contributed by atoms with Crippen molar-refractivity contribution in [2.45, 2.75) is 39.8 Å². The lowest BCUT2D eigenvalue weighted by Crippen LogP contribution is -2.48. The first-order valence-corrected chi connectivity index (χ1v) is 5.90. The zero-order valence-corrected chi connectivity index (χ0v) is 10.8. The minimum Gasteiger partial charge on any atom is -0.355 e. The van der Waals surface area contributed by atoms with Crippen molar-refractivity contribution in [3.63, 3.8) is 0 Å². The van der Waals surface area contributed by atoms with Crippen LogP contribution in [0.5, 0.6) is 0 Å². The Kier molecular flexibility index (Phi) is 4.69. The van der Waals surface area contributed by atoms with Gasteiger partial charge < -0.3 is 15.6 Å². The van der Waals surface area contributed by atoms with Crippen LogP contribution < -0.4 is 11.1 Å². The molecule has 0 unspecified atom stereocenters. The lowest BCUT2D eigenvalue weighted by molar-refractivity contribution is -0.124. The van der Waals surface area contributed by atoms with Gasteiger partial charge in [0.25, 0.3) is 0 Å². The van der Waals surface area contributed by atoms with Crippen molar-refractivity contribution in [1.29, 1.82) is 0 Å². The molecule has 0 bridgehead atoms. The van der Waals surface area contributed by atoms with Crippen molar-refractivity contribution in [1.82, 2.24) is 14.9 Å². The number of nitrogens with one attached hydrogen (secondary N) is 1. The number of amides is 1. The Bertz CT molecular complexity index is 340. The van der Waals surface area contributed by atoms with E-state index in [1.165, 1.54) is 0 Å².